The van der Waals surface area contributed by atoms with Crippen LogP contribution in [-0.4, -0.2) is 28.7 Å². The van der Waals surface area contributed by atoms with Crippen molar-refractivity contribution in [3.8, 4) is 0 Å². The molecule has 4 rings (SSSR count). The predicted octanol–water partition coefficient (Wildman–Crippen LogP) is 1.88. The average molecular weight is 298 g/mol. The molecule has 2 bridgehead atoms. The minimum atomic E-state index is -3.36. The van der Waals surface area contributed by atoms with Crippen LogP contribution in [0.4, 0.5) is 0 Å². The van der Waals surface area contributed by atoms with Crippen LogP contribution in [-0.2, 0) is 14.9 Å². The smallest absolute Gasteiger partial charge is 0.239 e. The second kappa shape index (κ2) is 2.40. The summed E-state index contributed by atoms with van der Waals surface area (Å²) in [5, 5.41) is 0. The summed E-state index contributed by atoms with van der Waals surface area (Å²) < 4.78 is 24.1. The first-order chi connectivity index (χ1) is 7.64. The Morgan fingerprint density at radius 2 is 2.00 bits per heavy atom. The predicted molar refractivity (Wildman–Crippen MR) is 62.8 cm³/mol. The second-order valence-corrected chi connectivity index (χ2v) is 9.41. The number of nitrogens with zero attached hydrogens (tertiary/aromatic N) is 1. The number of hydrogen-bond donors (Lipinski definition) is 0. The van der Waals surface area contributed by atoms with E-state index in [9.17, 15) is 8.42 Å². The van der Waals surface area contributed by atoms with Crippen molar-refractivity contribution in [3.05, 3.63) is 0 Å². The van der Waals surface area contributed by atoms with Crippen LogP contribution < -0.4 is 0 Å². The Bertz CT molecular complexity index is 538. The maximum Gasteiger partial charge on any atom is 0.239 e. The van der Waals surface area contributed by atoms with Crippen molar-refractivity contribution in [3.63, 3.8) is 0 Å². The van der Waals surface area contributed by atoms with E-state index in [1.807, 2.05) is 0 Å². The fraction of sp³-hybridized carbons (Fsp3) is 1.00. The van der Waals surface area contributed by atoms with Crippen molar-refractivity contribution in [1.29, 1.82) is 0 Å². The zero-order valence-electron chi connectivity index (χ0n) is 9.53. The number of sulfonamides is 1. The zero-order valence-corrected chi connectivity index (χ0v) is 11.9. The molecular weight excluding hydrogens is 285 g/mol. The number of halogens is 2. The molecule has 0 radical (unpaired) electrons. The minimum Gasteiger partial charge on any atom is -0.251 e. The molecule has 4 aliphatic rings. The molecule has 2 aliphatic carbocycles. The first-order valence-electron chi connectivity index (χ1n) is 5.74. The van der Waals surface area contributed by atoms with E-state index in [1.165, 1.54) is 0 Å². The maximum atomic E-state index is 12.1. The first kappa shape index (κ1) is 11.3. The van der Waals surface area contributed by atoms with Crippen molar-refractivity contribution in [1.82, 2.24) is 4.47 Å². The standard InChI is InChI=1S/C10H13Cl2NO3S/c1-7(2)6-3-4-8(7)5-17(14,15)13-10(8,16-13)9(6,11)12/h6H,3-5H2,1-2H3/t6?,8-,10?,13?/m1/s1. The van der Waals surface area contributed by atoms with Gasteiger partial charge in [-0.3, -0.25) is 4.84 Å². The monoisotopic (exact) mass is 297 g/mol. The summed E-state index contributed by atoms with van der Waals surface area (Å²) in [7, 11) is -3.36. The van der Waals surface area contributed by atoms with Gasteiger partial charge in [0.25, 0.3) is 0 Å². The van der Waals surface area contributed by atoms with Crippen LogP contribution in [0, 0.1) is 16.7 Å². The Kier molecular flexibility index (Phi) is 1.59. The molecule has 96 valence electrons. The Balaban J connectivity index is 2.05. The fourth-order valence-corrected chi connectivity index (χ4v) is 8.56. The molecule has 7 heteroatoms. The first-order valence-corrected chi connectivity index (χ1v) is 8.10. The van der Waals surface area contributed by atoms with Gasteiger partial charge in [-0.1, -0.05) is 37.0 Å². The SMILES string of the molecule is CC1(C)C2CC[C@@]13CS(=O)(=O)N1OC13C2(Cl)Cl. The normalized spacial score (nSPS) is 58.8. The largest absolute Gasteiger partial charge is 0.251 e. The van der Waals surface area contributed by atoms with Gasteiger partial charge >= 0.3 is 0 Å². The lowest BCUT2D eigenvalue weighted by atomic mass is 9.68. The van der Waals surface area contributed by atoms with E-state index in [0.29, 0.717) is 0 Å². The third kappa shape index (κ3) is 0.778. The lowest BCUT2D eigenvalue weighted by Gasteiger charge is -2.36. The molecule has 2 saturated carbocycles. The molecule has 4 nitrogen and oxygen atoms in total. The van der Waals surface area contributed by atoms with Crippen molar-refractivity contribution < 1.29 is 13.3 Å². The highest BCUT2D eigenvalue weighted by Gasteiger charge is 2.97. The molecule has 0 amide bonds. The van der Waals surface area contributed by atoms with Gasteiger partial charge in [-0.2, -0.15) is 0 Å². The lowest BCUT2D eigenvalue weighted by Crippen LogP contribution is -2.48. The van der Waals surface area contributed by atoms with Crippen molar-refractivity contribution in [2.45, 2.75) is 36.7 Å². The number of hydrogen-bond acceptors (Lipinski definition) is 3. The average Bonchev–Trinajstić information content (AvgIpc) is 2.78. The Labute approximate surface area is 110 Å². The van der Waals surface area contributed by atoms with Gasteiger partial charge in [-0.05, 0) is 22.7 Å². The molecule has 4 atom stereocenters. The van der Waals surface area contributed by atoms with E-state index in [2.05, 4.69) is 13.8 Å². The second-order valence-electron chi connectivity index (χ2n) is 6.24. The zero-order chi connectivity index (χ0) is 12.5. The van der Waals surface area contributed by atoms with Crippen molar-refractivity contribution >= 4 is 33.2 Å². The topological polar surface area (TPSA) is 49.7 Å². The number of alkyl halides is 2. The van der Waals surface area contributed by atoms with Gasteiger partial charge in [-0.25, -0.2) is 8.42 Å². The molecule has 2 heterocycles. The van der Waals surface area contributed by atoms with Crippen LogP contribution in [0.15, 0.2) is 0 Å². The molecule has 17 heavy (non-hydrogen) atoms. The van der Waals surface area contributed by atoms with Crippen LogP contribution in [0.2, 0.25) is 0 Å². The fourth-order valence-electron chi connectivity index (χ4n) is 4.73. The van der Waals surface area contributed by atoms with Crippen LogP contribution in [0.5, 0.6) is 0 Å². The van der Waals surface area contributed by atoms with Crippen molar-refractivity contribution in [2.75, 3.05) is 5.75 Å². The molecule has 4 fully saturated rings. The highest BCUT2D eigenvalue weighted by atomic mass is 35.5. The van der Waals surface area contributed by atoms with Gasteiger partial charge in [0.05, 0.1) is 5.75 Å². The van der Waals surface area contributed by atoms with Crippen LogP contribution >= 0.6 is 23.2 Å². The van der Waals surface area contributed by atoms with Gasteiger partial charge in [0.1, 0.15) is 0 Å². The highest BCUT2D eigenvalue weighted by molar-refractivity contribution is 7.89. The summed E-state index contributed by atoms with van der Waals surface area (Å²) in [5.41, 5.74) is -1.66. The summed E-state index contributed by atoms with van der Waals surface area (Å²) in [6, 6.07) is 0. The molecule has 2 spiro atoms. The van der Waals surface area contributed by atoms with Crippen LogP contribution in [0.25, 0.3) is 0 Å². The minimum absolute atomic E-state index is 0.0823. The molecular formula is C10H13Cl2NO3S. The van der Waals surface area contributed by atoms with E-state index in [4.69, 9.17) is 28.0 Å². The summed E-state index contributed by atoms with van der Waals surface area (Å²) in [6.45, 7) is 4.14. The molecule has 0 N–H and O–H groups in total. The Morgan fingerprint density at radius 1 is 1.35 bits per heavy atom. The van der Waals surface area contributed by atoms with Gasteiger partial charge < -0.3 is 0 Å². The van der Waals surface area contributed by atoms with E-state index >= 15 is 0 Å². The van der Waals surface area contributed by atoms with Gasteiger partial charge in [0.2, 0.25) is 15.7 Å². The number of fused-ring (bicyclic) bond motifs is 1. The molecule has 2 saturated heterocycles. The van der Waals surface area contributed by atoms with Gasteiger partial charge in [-0.15, -0.1) is 0 Å². The maximum absolute atomic E-state index is 12.1. The van der Waals surface area contributed by atoms with Crippen molar-refractivity contribution in [2.24, 2.45) is 16.7 Å². The summed E-state index contributed by atoms with van der Waals surface area (Å²) in [4.78, 5) is 5.44. The van der Waals surface area contributed by atoms with Gasteiger partial charge in [0, 0.05) is 11.3 Å². The Hall–Kier alpha value is 0.450. The highest BCUT2D eigenvalue weighted by Crippen LogP contribution is 2.85. The summed E-state index contributed by atoms with van der Waals surface area (Å²) in [5.74, 6) is 0.198. The number of hydroxylamine groups is 1. The number of rotatable bonds is 0. The molecule has 0 aromatic rings. The van der Waals surface area contributed by atoms with Gasteiger partial charge in [0.15, 0.2) is 4.33 Å². The van der Waals surface area contributed by atoms with E-state index < -0.39 is 25.5 Å². The molecule has 0 aromatic carbocycles. The molecule has 3 unspecified atom stereocenters. The summed E-state index contributed by atoms with van der Waals surface area (Å²) in [6.07, 6.45) is 1.69. The molecule has 2 aliphatic heterocycles. The third-order valence-electron chi connectivity index (χ3n) is 5.62. The van der Waals surface area contributed by atoms with Crippen LogP contribution in [0.1, 0.15) is 26.7 Å². The quantitative estimate of drug-likeness (QED) is 0.507. The summed E-state index contributed by atoms with van der Waals surface area (Å²) >= 11 is 13.0. The van der Waals surface area contributed by atoms with Crippen LogP contribution in [0.3, 0.4) is 0 Å². The van der Waals surface area contributed by atoms with E-state index in [0.717, 1.165) is 17.3 Å². The van der Waals surface area contributed by atoms with E-state index in [1.54, 1.807) is 0 Å². The molecule has 0 aromatic heterocycles. The van der Waals surface area contributed by atoms with E-state index in [-0.39, 0.29) is 17.1 Å². The lowest BCUT2D eigenvalue weighted by molar-refractivity contribution is 0.0704. The Morgan fingerprint density at radius 3 is 2.53 bits per heavy atom. The third-order valence-corrected chi connectivity index (χ3v) is 8.36.